The fourth-order valence-electron chi connectivity index (χ4n) is 4.06. The maximum absolute atomic E-state index is 12.8. The van der Waals surface area contributed by atoms with Gasteiger partial charge in [0.15, 0.2) is 0 Å². The third-order valence-electron chi connectivity index (χ3n) is 5.22. The minimum atomic E-state index is -0.0701. The van der Waals surface area contributed by atoms with E-state index in [2.05, 4.69) is 11.8 Å². The third-order valence-corrected chi connectivity index (χ3v) is 5.22. The van der Waals surface area contributed by atoms with Gasteiger partial charge in [0.05, 0.1) is 18.8 Å². The van der Waals surface area contributed by atoms with Gasteiger partial charge in [-0.2, -0.15) is 0 Å². The Morgan fingerprint density at radius 2 is 1.89 bits per heavy atom. The molecule has 1 amide bonds. The summed E-state index contributed by atoms with van der Waals surface area (Å²) in [5.74, 6) is 0.417. The summed E-state index contributed by atoms with van der Waals surface area (Å²) in [6.45, 7) is 3.73. The van der Waals surface area contributed by atoms with Crippen LogP contribution in [-0.2, 0) is 9.53 Å². The lowest BCUT2D eigenvalue weighted by Crippen LogP contribution is -2.57. The summed E-state index contributed by atoms with van der Waals surface area (Å²) >= 11 is 0. The van der Waals surface area contributed by atoms with Gasteiger partial charge in [-0.25, -0.2) is 0 Å². The predicted octanol–water partition coefficient (Wildman–Crippen LogP) is 2.74. The molecule has 0 aromatic carbocycles. The standard InChI is InChI=1S/C15H25NO2/c1-15(8-4-5-9-15)14(17)16-10-11-18-13-7-3-2-6-12(13)16/h12-13H,2-11H2,1H3. The van der Waals surface area contributed by atoms with Crippen LogP contribution >= 0.6 is 0 Å². The molecule has 3 heteroatoms. The molecule has 0 spiro atoms. The van der Waals surface area contributed by atoms with Crippen molar-refractivity contribution in [3.05, 3.63) is 0 Å². The van der Waals surface area contributed by atoms with Gasteiger partial charge >= 0.3 is 0 Å². The number of hydrogen-bond acceptors (Lipinski definition) is 2. The summed E-state index contributed by atoms with van der Waals surface area (Å²) in [6, 6.07) is 0.373. The first-order valence-electron chi connectivity index (χ1n) is 7.63. The molecule has 1 aliphatic heterocycles. The number of carbonyl (C=O) groups excluding carboxylic acids is 1. The fraction of sp³-hybridized carbons (Fsp3) is 0.933. The Labute approximate surface area is 110 Å². The van der Waals surface area contributed by atoms with Crippen LogP contribution in [-0.4, -0.2) is 36.1 Å². The lowest BCUT2D eigenvalue weighted by molar-refractivity contribution is -0.159. The predicted molar refractivity (Wildman–Crippen MR) is 70.3 cm³/mol. The van der Waals surface area contributed by atoms with Gasteiger partial charge in [0.1, 0.15) is 0 Å². The van der Waals surface area contributed by atoms with Gasteiger partial charge in [0.25, 0.3) is 0 Å². The summed E-state index contributed by atoms with van der Waals surface area (Å²) < 4.78 is 5.86. The van der Waals surface area contributed by atoms with Crippen LogP contribution in [0.3, 0.4) is 0 Å². The molecule has 3 fully saturated rings. The summed E-state index contributed by atoms with van der Waals surface area (Å²) in [5.41, 5.74) is -0.0701. The summed E-state index contributed by atoms with van der Waals surface area (Å²) in [4.78, 5) is 15.0. The Hall–Kier alpha value is -0.570. The molecule has 3 nitrogen and oxygen atoms in total. The van der Waals surface area contributed by atoms with Gasteiger partial charge in [-0.15, -0.1) is 0 Å². The molecule has 18 heavy (non-hydrogen) atoms. The van der Waals surface area contributed by atoms with Gasteiger partial charge in [0.2, 0.25) is 5.91 Å². The number of rotatable bonds is 1. The zero-order chi connectivity index (χ0) is 12.6. The maximum atomic E-state index is 12.8. The van der Waals surface area contributed by atoms with Crippen LogP contribution in [0.2, 0.25) is 0 Å². The first-order valence-corrected chi connectivity index (χ1v) is 7.63. The molecular formula is C15H25NO2. The molecule has 2 saturated carbocycles. The molecule has 3 rings (SSSR count). The molecule has 102 valence electrons. The second-order valence-electron chi connectivity index (χ2n) is 6.53. The number of morpholine rings is 1. The largest absolute Gasteiger partial charge is 0.374 e. The minimum absolute atomic E-state index is 0.0701. The minimum Gasteiger partial charge on any atom is -0.374 e. The van der Waals surface area contributed by atoms with Crippen LogP contribution < -0.4 is 0 Å². The molecule has 3 aliphatic rings. The summed E-state index contributed by atoms with van der Waals surface area (Å²) in [7, 11) is 0. The SMILES string of the molecule is CC1(C(=O)N2CCOC3CCCCC32)CCCC1. The number of fused-ring (bicyclic) bond motifs is 1. The monoisotopic (exact) mass is 251 g/mol. The average Bonchev–Trinajstić information content (AvgIpc) is 2.85. The zero-order valence-corrected chi connectivity index (χ0v) is 11.5. The van der Waals surface area contributed by atoms with Crippen molar-refractivity contribution in [2.75, 3.05) is 13.2 Å². The molecule has 0 aromatic rings. The summed E-state index contributed by atoms with van der Waals surface area (Å²) in [5, 5.41) is 0. The van der Waals surface area contributed by atoms with Crippen LogP contribution in [0.4, 0.5) is 0 Å². The Balaban J connectivity index is 1.75. The molecule has 0 bridgehead atoms. The van der Waals surface area contributed by atoms with Crippen molar-refractivity contribution in [2.24, 2.45) is 5.41 Å². The van der Waals surface area contributed by atoms with Gasteiger partial charge < -0.3 is 9.64 Å². The van der Waals surface area contributed by atoms with Gasteiger partial charge in [-0.3, -0.25) is 4.79 Å². The lowest BCUT2D eigenvalue weighted by atomic mass is 9.84. The quantitative estimate of drug-likeness (QED) is 0.717. The van der Waals surface area contributed by atoms with Crippen molar-refractivity contribution >= 4 is 5.91 Å². The number of amides is 1. The third kappa shape index (κ3) is 2.07. The van der Waals surface area contributed by atoms with E-state index in [4.69, 9.17) is 4.74 Å². The number of ether oxygens (including phenoxy) is 1. The van der Waals surface area contributed by atoms with Crippen LogP contribution in [0.1, 0.15) is 58.3 Å². The van der Waals surface area contributed by atoms with Crippen molar-refractivity contribution in [1.82, 2.24) is 4.90 Å². The van der Waals surface area contributed by atoms with E-state index in [9.17, 15) is 4.79 Å². The smallest absolute Gasteiger partial charge is 0.228 e. The van der Waals surface area contributed by atoms with Crippen LogP contribution in [0.5, 0.6) is 0 Å². The van der Waals surface area contributed by atoms with E-state index in [0.717, 1.165) is 38.8 Å². The van der Waals surface area contributed by atoms with E-state index in [-0.39, 0.29) is 5.41 Å². The molecular weight excluding hydrogens is 226 g/mol. The van der Waals surface area contributed by atoms with E-state index < -0.39 is 0 Å². The molecule has 0 radical (unpaired) electrons. The Morgan fingerprint density at radius 3 is 2.67 bits per heavy atom. The molecule has 0 N–H and O–H groups in total. The highest BCUT2D eigenvalue weighted by atomic mass is 16.5. The molecule has 1 heterocycles. The lowest BCUT2D eigenvalue weighted by Gasteiger charge is -2.46. The number of nitrogens with zero attached hydrogens (tertiary/aromatic N) is 1. The molecule has 2 unspecified atom stereocenters. The normalized spacial score (nSPS) is 35.3. The molecule has 1 saturated heterocycles. The first-order chi connectivity index (χ1) is 8.71. The molecule has 0 aromatic heterocycles. The summed E-state index contributed by atoms with van der Waals surface area (Å²) in [6.07, 6.45) is 9.74. The fourth-order valence-corrected chi connectivity index (χ4v) is 4.06. The van der Waals surface area contributed by atoms with Crippen molar-refractivity contribution in [3.63, 3.8) is 0 Å². The van der Waals surface area contributed by atoms with E-state index in [1.165, 1.54) is 25.7 Å². The first kappa shape index (κ1) is 12.5. The van der Waals surface area contributed by atoms with Crippen molar-refractivity contribution in [3.8, 4) is 0 Å². The highest BCUT2D eigenvalue weighted by Crippen LogP contribution is 2.41. The Bertz CT molecular complexity index is 320. The van der Waals surface area contributed by atoms with Gasteiger partial charge in [-0.05, 0) is 25.7 Å². The van der Waals surface area contributed by atoms with Gasteiger partial charge in [0, 0.05) is 12.0 Å². The van der Waals surface area contributed by atoms with Crippen LogP contribution in [0.25, 0.3) is 0 Å². The highest BCUT2D eigenvalue weighted by Gasteiger charge is 2.44. The molecule has 2 atom stereocenters. The zero-order valence-electron chi connectivity index (χ0n) is 11.5. The average molecular weight is 251 g/mol. The van der Waals surface area contributed by atoms with Crippen LogP contribution in [0.15, 0.2) is 0 Å². The molecule has 2 aliphatic carbocycles. The van der Waals surface area contributed by atoms with Crippen LogP contribution in [0, 0.1) is 5.41 Å². The number of hydrogen-bond donors (Lipinski definition) is 0. The van der Waals surface area contributed by atoms with Crippen molar-refractivity contribution in [1.29, 1.82) is 0 Å². The van der Waals surface area contributed by atoms with E-state index in [1.807, 2.05) is 0 Å². The van der Waals surface area contributed by atoms with Gasteiger partial charge in [-0.1, -0.05) is 32.6 Å². The Kier molecular flexibility index (Phi) is 3.35. The topological polar surface area (TPSA) is 29.5 Å². The Morgan fingerprint density at radius 1 is 1.17 bits per heavy atom. The van der Waals surface area contributed by atoms with E-state index >= 15 is 0 Å². The number of carbonyl (C=O) groups is 1. The highest BCUT2D eigenvalue weighted by molar-refractivity contribution is 5.83. The van der Waals surface area contributed by atoms with E-state index in [1.54, 1.807) is 0 Å². The second kappa shape index (κ2) is 4.84. The van der Waals surface area contributed by atoms with E-state index in [0.29, 0.717) is 18.1 Å². The van der Waals surface area contributed by atoms with Crippen molar-refractivity contribution in [2.45, 2.75) is 70.4 Å². The second-order valence-corrected chi connectivity index (χ2v) is 6.53. The maximum Gasteiger partial charge on any atom is 0.228 e. The van der Waals surface area contributed by atoms with Crippen molar-refractivity contribution < 1.29 is 9.53 Å².